The molecule has 126 valence electrons. The number of nitrogens with two attached hydrogens (primary N) is 1. The highest BCUT2D eigenvalue weighted by Crippen LogP contribution is 2.07. The summed E-state index contributed by atoms with van der Waals surface area (Å²) >= 11 is 0. The van der Waals surface area contributed by atoms with E-state index in [2.05, 4.69) is 15.0 Å². The van der Waals surface area contributed by atoms with Crippen molar-refractivity contribution in [2.24, 2.45) is 10.7 Å². The van der Waals surface area contributed by atoms with Gasteiger partial charge in [0.15, 0.2) is 0 Å². The zero-order valence-corrected chi connectivity index (χ0v) is 14.0. The van der Waals surface area contributed by atoms with Crippen molar-refractivity contribution in [1.82, 2.24) is 15.0 Å². The average Bonchev–Trinajstić information content (AvgIpc) is 2.67. The Labute approximate surface area is 147 Å². The van der Waals surface area contributed by atoms with Crippen LogP contribution in [0.3, 0.4) is 0 Å². The Morgan fingerprint density at radius 1 is 0.800 bits per heavy atom. The number of aliphatic imine (C=N–C) groups is 1. The van der Waals surface area contributed by atoms with Crippen LogP contribution in [0, 0.1) is 0 Å². The van der Waals surface area contributed by atoms with E-state index in [0.29, 0.717) is 19.4 Å². The lowest BCUT2D eigenvalue weighted by atomic mass is 10.0. The zero-order valence-electron chi connectivity index (χ0n) is 14.0. The van der Waals surface area contributed by atoms with Crippen LogP contribution < -0.4 is 5.73 Å². The van der Waals surface area contributed by atoms with E-state index in [1.165, 1.54) is 0 Å². The third-order valence-electron chi connectivity index (χ3n) is 3.84. The second-order valence-electron chi connectivity index (χ2n) is 5.76. The Bertz CT molecular complexity index is 788. The van der Waals surface area contributed by atoms with Gasteiger partial charge in [0.05, 0.1) is 12.2 Å². The molecule has 0 aliphatic rings. The minimum Gasteiger partial charge on any atom is -0.323 e. The molecular formula is C20H21N5. The first-order valence-electron chi connectivity index (χ1n) is 8.30. The summed E-state index contributed by atoms with van der Waals surface area (Å²) in [6.07, 6.45) is 6.62. The first-order valence-corrected chi connectivity index (χ1v) is 8.30. The van der Waals surface area contributed by atoms with Crippen molar-refractivity contribution in [1.29, 1.82) is 0 Å². The lowest BCUT2D eigenvalue weighted by Gasteiger charge is -2.15. The molecule has 0 saturated carbocycles. The minimum atomic E-state index is -0.208. The van der Waals surface area contributed by atoms with Gasteiger partial charge in [0.1, 0.15) is 0 Å². The SMILES string of the molecule is NC(Cc1ccccn1)C(Cc1ccccn1)=NCc1ccccn1. The third kappa shape index (κ3) is 5.29. The van der Waals surface area contributed by atoms with Crippen molar-refractivity contribution in [3.63, 3.8) is 0 Å². The van der Waals surface area contributed by atoms with Gasteiger partial charge in [0.2, 0.25) is 0 Å². The molecular weight excluding hydrogens is 310 g/mol. The summed E-state index contributed by atoms with van der Waals surface area (Å²) in [6, 6.07) is 17.3. The van der Waals surface area contributed by atoms with E-state index in [1.54, 1.807) is 18.6 Å². The van der Waals surface area contributed by atoms with Crippen molar-refractivity contribution in [3.8, 4) is 0 Å². The van der Waals surface area contributed by atoms with Gasteiger partial charge in [-0.3, -0.25) is 19.9 Å². The molecule has 1 atom stereocenters. The molecule has 0 aliphatic heterocycles. The van der Waals surface area contributed by atoms with Gasteiger partial charge in [0, 0.05) is 54.6 Å². The smallest absolute Gasteiger partial charge is 0.0811 e. The van der Waals surface area contributed by atoms with Crippen molar-refractivity contribution in [2.75, 3.05) is 0 Å². The molecule has 1 unspecified atom stereocenters. The molecule has 3 heterocycles. The van der Waals surface area contributed by atoms with Gasteiger partial charge < -0.3 is 5.73 Å². The van der Waals surface area contributed by atoms with Crippen molar-refractivity contribution >= 4 is 5.71 Å². The summed E-state index contributed by atoms with van der Waals surface area (Å²) in [7, 11) is 0. The van der Waals surface area contributed by atoms with E-state index in [1.807, 2.05) is 54.6 Å². The van der Waals surface area contributed by atoms with Crippen molar-refractivity contribution in [2.45, 2.75) is 25.4 Å². The zero-order chi connectivity index (χ0) is 17.3. The van der Waals surface area contributed by atoms with Crippen LogP contribution >= 0.6 is 0 Å². The molecule has 3 rings (SSSR count). The molecule has 0 saturated heterocycles. The summed E-state index contributed by atoms with van der Waals surface area (Å²) < 4.78 is 0. The highest BCUT2D eigenvalue weighted by Gasteiger charge is 2.14. The normalized spacial score (nSPS) is 12.8. The molecule has 0 fully saturated rings. The van der Waals surface area contributed by atoms with E-state index in [0.717, 1.165) is 22.8 Å². The monoisotopic (exact) mass is 331 g/mol. The molecule has 0 radical (unpaired) electrons. The first kappa shape index (κ1) is 16.9. The molecule has 2 N–H and O–H groups in total. The molecule has 5 nitrogen and oxygen atoms in total. The summed E-state index contributed by atoms with van der Waals surface area (Å²) in [5.41, 5.74) is 10.2. The Kier molecular flexibility index (Phi) is 5.96. The maximum atomic E-state index is 6.44. The highest BCUT2D eigenvalue weighted by molar-refractivity contribution is 5.91. The summed E-state index contributed by atoms with van der Waals surface area (Å²) in [6.45, 7) is 0.513. The van der Waals surface area contributed by atoms with Gasteiger partial charge in [0.25, 0.3) is 0 Å². The first-order chi connectivity index (χ1) is 12.3. The highest BCUT2D eigenvalue weighted by atomic mass is 14.8. The minimum absolute atomic E-state index is 0.208. The number of rotatable bonds is 7. The van der Waals surface area contributed by atoms with E-state index >= 15 is 0 Å². The number of pyridine rings is 3. The Balaban J connectivity index is 1.77. The largest absolute Gasteiger partial charge is 0.323 e. The van der Waals surface area contributed by atoms with E-state index in [4.69, 9.17) is 10.7 Å². The van der Waals surface area contributed by atoms with Gasteiger partial charge >= 0.3 is 0 Å². The number of hydrogen-bond donors (Lipinski definition) is 1. The van der Waals surface area contributed by atoms with Gasteiger partial charge in [-0.15, -0.1) is 0 Å². The maximum absolute atomic E-state index is 6.44. The molecule has 5 heteroatoms. The van der Waals surface area contributed by atoms with Crippen LogP contribution in [0.15, 0.2) is 78.2 Å². The molecule has 3 aromatic rings. The molecule has 0 amide bonds. The molecule has 0 aromatic carbocycles. The maximum Gasteiger partial charge on any atom is 0.0811 e. The van der Waals surface area contributed by atoms with Gasteiger partial charge in [-0.25, -0.2) is 0 Å². The number of nitrogens with zero attached hydrogens (tertiary/aromatic N) is 4. The van der Waals surface area contributed by atoms with E-state index in [9.17, 15) is 0 Å². The Hall–Kier alpha value is -2.92. The van der Waals surface area contributed by atoms with Gasteiger partial charge in [-0.05, 0) is 36.4 Å². The van der Waals surface area contributed by atoms with Gasteiger partial charge in [-0.2, -0.15) is 0 Å². The summed E-state index contributed by atoms with van der Waals surface area (Å²) in [5.74, 6) is 0. The number of aromatic nitrogens is 3. The van der Waals surface area contributed by atoms with Crippen molar-refractivity contribution in [3.05, 3.63) is 90.3 Å². The van der Waals surface area contributed by atoms with Crippen LogP contribution in [0.25, 0.3) is 0 Å². The fraction of sp³-hybridized carbons (Fsp3) is 0.200. The Morgan fingerprint density at radius 2 is 1.36 bits per heavy atom. The molecule has 0 aliphatic carbocycles. The lowest BCUT2D eigenvalue weighted by Crippen LogP contribution is -2.34. The predicted octanol–water partition coefficient (Wildman–Crippen LogP) is 2.63. The van der Waals surface area contributed by atoms with Gasteiger partial charge in [-0.1, -0.05) is 18.2 Å². The van der Waals surface area contributed by atoms with Crippen molar-refractivity contribution < 1.29 is 0 Å². The standard InChI is InChI=1S/C20H21N5/c21-19(13-16-7-1-4-10-22-16)20(14-17-8-2-5-11-23-17)25-15-18-9-3-6-12-24-18/h1-12,19H,13-15,21H2. The van der Waals surface area contributed by atoms with E-state index < -0.39 is 0 Å². The molecule has 3 aromatic heterocycles. The Morgan fingerprint density at radius 3 is 1.92 bits per heavy atom. The van der Waals surface area contributed by atoms with Crippen LogP contribution in [-0.4, -0.2) is 26.7 Å². The summed E-state index contributed by atoms with van der Waals surface area (Å²) in [5, 5.41) is 0. The molecule has 0 spiro atoms. The summed E-state index contributed by atoms with van der Waals surface area (Å²) in [4.78, 5) is 17.8. The van der Waals surface area contributed by atoms with Crippen LogP contribution in [0.4, 0.5) is 0 Å². The van der Waals surface area contributed by atoms with E-state index in [-0.39, 0.29) is 6.04 Å². The van der Waals surface area contributed by atoms with Crippen LogP contribution in [0.1, 0.15) is 17.1 Å². The second-order valence-corrected chi connectivity index (χ2v) is 5.76. The van der Waals surface area contributed by atoms with Crippen LogP contribution in [-0.2, 0) is 19.4 Å². The molecule has 0 bridgehead atoms. The fourth-order valence-electron chi connectivity index (χ4n) is 2.53. The fourth-order valence-corrected chi connectivity index (χ4v) is 2.53. The third-order valence-corrected chi connectivity index (χ3v) is 3.84. The number of hydrogen-bond acceptors (Lipinski definition) is 5. The average molecular weight is 331 g/mol. The van der Waals surface area contributed by atoms with Crippen LogP contribution in [0.2, 0.25) is 0 Å². The van der Waals surface area contributed by atoms with Crippen LogP contribution in [0.5, 0.6) is 0 Å². The quantitative estimate of drug-likeness (QED) is 0.675. The predicted molar refractivity (Wildman–Crippen MR) is 99.2 cm³/mol. The molecule has 25 heavy (non-hydrogen) atoms. The topological polar surface area (TPSA) is 77.0 Å². The lowest BCUT2D eigenvalue weighted by molar-refractivity contribution is 0.796. The second kappa shape index (κ2) is 8.80.